The van der Waals surface area contributed by atoms with Gasteiger partial charge >= 0.3 is 0 Å². The maximum atomic E-state index is 13.1. The summed E-state index contributed by atoms with van der Waals surface area (Å²) in [5.41, 5.74) is 0.333. The van der Waals surface area contributed by atoms with Crippen LogP contribution in [0.2, 0.25) is 10.0 Å². The van der Waals surface area contributed by atoms with Gasteiger partial charge in [0.25, 0.3) is 10.0 Å². The van der Waals surface area contributed by atoms with Crippen LogP contribution in [0.3, 0.4) is 0 Å². The lowest BCUT2D eigenvalue weighted by Gasteiger charge is -2.11. The molecule has 0 aliphatic carbocycles. The van der Waals surface area contributed by atoms with Crippen LogP contribution in [0, 0.1) is 5.82 Å². The van der Waals surface area contributed by atoms with E-state index >= 15 is 0 Å². The fourth-order valence-corrected chi connectivity index (χ4v) is 3.19. The Hall–Kier alpha value is -1.41. The van der Waals surface area contributed by atoms with Crippen molar-refractivity contribution >= 4 is 38.9 Å². The van der Waals surface area contributed by atoms with Crippen LogP contribution in [0.25, 0.3) is 0 Å². The quantitative estimate of drug-likeness (QED) is 0.888. The van der Waals surface area contributed by atoms with Gasteiger partial charge in [-0.05, 0) is 23.8 Å². The van der Waals surface area contributed by atoms with Gasteiger partial charge in [0, 0.05) is 6.20 Å². The van der Waals surface area contributed by atoms with Crippen molar-refractivity contribution in [1.82, 2.24) is 4.98 Å². The third-order valence-electron chi connectivity index (χ3n) is 2.50. The van der Waals surface area contributed by atoms with E-state index in [1.165, 1.54) is 18.3 Å². The van der Waals surface area contributed by atoms with Crippen LogP contribution >= 0.6 is 23.2 Å². The number of pyridine rings is 1. The molecule has 0 saturated heterocycles. The highest BCUT2D eigenvalue weighted by molar-refractivity contribution is 7.92. The lowest BCUT2D eigenvalue weighted by Crippen LogP contribution is -2.15. The largest absolute Gasteiger partial charge is 0.392 e. The number of rotatable bonds is 4. The second-order valence-electron chi connectivity index (χ2n) is 4.01. The molecule has 0 saturated carbocycles. The SMILES string of the molecule is O=S(=O)(Nc1c(Cl)cc(F)cc1Cl)c1ccc(CO)cn1. The molecular formula is C12H9Cl2FN2O3S. The van der Waals surface area contributed by atoms with Crippen molar-refractivity contribution in [2.45, 2.75) is 11.6 Å². The number of hydrogen-bond donors (Lipinski definition) is 2. The summed E-state index contributed by atoms with van der Waals surface area (Å²) in [6, 6.07) is 4.51. The summed E-state index contributed by atoms with van der Waals surface area (Å²) in [5.74, 6) is -0.682. The lowest BCUT2D eigenvalue weighted by molar-refractivity contribution is 0.281. The Bertz CT molecular complexity index is 744. The number of aliphatic hydroxyl groups excluding tert-OH is 1. The average Bonchev–Trinajstić information content (AvgIpc) is 2.43. The number of aliphatic hydroxyl groups is 1. The first kappa shape index (κ1) is 16.0. The van der Waals surface area contributed by atoms with E-state index in [4.69, 9.17) is 28.3 Å². The van der Waals surface area contributed by atoms with Crippen LogP contribution in [0.1, 0.15) is 5.56 Å². The minimum absolute atomic E-state index is 0.132. The Labute approximate surface area is 130 Å². The van der Waals surface area contributed by atoms with Crippen molar-refractivity contribution in [3.63, 3.8) is 0 Å². The highest BCUT2D eigenvalue weighted by Crippen LogP contribution is 2.32. The second kappa shape index (κ2) is 6.15. The van der Waals surface area contributed by atoms with E-state index < -0.39 is 15.8 Å². The number of nitrogens with zero attached hydrogens (tertiary/aromatic N) is 1. The Morgan fingerprint density at radius 3 is 2.33 bits per heavy atom. The van der Waals surface area contributed by atoms with E-state index in [1.807, 2.05) is 0 Å². The zero-order chi connectivity index (χ0) is 15.6. The van der Waals surface area contributed by atoms with E-state index in [9.17, 15) is 12.8 Å². The van der Waals surface area contributed by atoms with Gasteiger partial charge in [-0.1, -0.05) is 29.3 Å². The maximum Gasteiger partial charge on any atom is 0.279 e. The standard InChI is InChI=1S/C12H9Cl2FN2O3S/c13-9-3-8(15)4-10(14)12(9)17-21(19,20)11-2-1-7(6-18)5-16-11/h1-5,17-18H,6H2. The van der Waals surface area contributed by atoms with Crippen molar-refractivity contribution in [1.29, 1.82) is 0 Å². The summed E-state index contributed by atoms with van der Waals surface area (Å²) in [6.45, 7) is -0.254. The van der Waals surface area contributed by atoms with Gasteiger partial charge in [0.15, 0.2) is 5.03 Å². The first-order valence-corrected chi connectivity index (χ1v) is 7.80. The fourth-order valence-electron chi connectivity index (χ4n) is 1.49. The van der Waals surface area contributed by atoms with Gasteiger partial charge in [0.05, 0.1) is 22.3 Å². The molecule has 1 aromatic carbocycles. The van der Waals surface area contributed by atoms with Gasteiger partial charge in [-0.15, -0.1) is 0 Å². The average molecular weight is 351 g/mol. The van der Waals surface area contributed by atoms with Gasteiger partial charge in [-0.25, -0.2) is 9.37 Å². The minimum atomic E-state index is -4.03. The molecule has 0 bridgehead atoms. The summed E-state index contributed by atoms with van der Waals surface area (Å²) in [4.78, 5) is 3.72. The molecule has 0 unspecified atom stereocenters. The first-order valence-electron chi connectivity index (χ1n) is 5.56. The van der Waals surface area contributed by atoms with Crippen LogP contribution < -0.4 is 4.72 Å². The molecule has 0 fully saturated rings. The molecule has 1 heterocycles. The fraction of sp³-hybridized carbons (Fsp3) is 0.0833. The number of anilines is 1. The predicted molar refractivity (Wildman–Crippen MR) is 77.4 cm³/mol. The Morgan fingerprint density at radius 1 is 1.24 bits per heavy atom. The summed E-state index contributed by atoms with van der Waals surface area (Å²) < 4.78 is 39.5. The molecule has 112 valence electrons. The van der Waals surface area contributed by atoms with Gasteiger partial charge in [0.2, 0.25) is 0 Å². The number of sulfonamides is 1. The zero-order valence-corrected chi connectivity index (χ0v) is 12.7. The van der Waals surface area contributed by atoms with Gasteiger partial charge < -0.3 is 5.11 Å². The predicted octanol–water partition coefficient (Wildman–Crippen LogP) is 2.82. The third kappa shape index (κ3) is 3.62. The number of nitrogens with one attached hydrogen (secondary N) is 1. The summed E-state index contributed by atoms with van der Waals surface area (Å²) in [6.07, 6.45) is 1.22. The van der Waals surface area contributed by atoms with Crippen LogP contribution in [-0.2, 0) is 16.6 Å². The van der Waals surface area contributed by atoms with Crippen LogP contribution in [0.15, 0.2) is 35.5 Å². The molecule has 21 heavy (non-hydrogen) atoms. The Morgan fingerprint density at radius 2 is 1.86 bits per heavy atom. The second-order valence-corrected chi connectivity index (χ2v) is 6.46. The number of benzene rings is 1. The third-order valence-corrected chi connectivity index (χ3v) is 4.36. The highest BCUT2D eigenvalue weighted by atomic mass is 35.5. The molecule has 0 spiro atoms. The minimum Gasteiger partial charge on any atom is -0.392 e. The van der Waals surface area contributed by atoms with Crippen LogP contribution in [0.4, 0.5) is 10.1 Å². The van der Waals surface area contributed by atoms with E-state index in [1.54, 1.807) is 0 Å². The Kier molecular flexibility index (Phi) is 4.67. The Balaban J connectivity index is 2.37. The molecule has 2 rings (SSSR count). The number of hydrogen-bond acceptors (Lipinski definition) is 4. The molecule has 0 amide bonds. The van der Waals surface area contributed by atoms with E-state index in [0.29, 0.717) is 5.56 Å². The maximum absolute atomic E-state index is 13.1. The molecule has 9 heteroatoms. The van der Waals surface area contributed by atoms with Crippen molar-refractivity contribution in [2.24, 2.45) is 0 Å². The summed E-state index contributed by atoms with van der Waals surface area (Å²) >= 11 is 11.5. The van der Waals surface area contributed by atoms with E-state index in [2.05, 4.69) is 9.71 Å². The molecule has 1 aromatic heterocycles. The molecule has 2 aromatic rings. The molecule has 0 aliphatic rings. The summed E-state index contributed by atoms with van der Waals surface area (Å²) in [7, 11) is -4.03. The molecule has 2 N–H and O–H groups in total. The number of aromatic nitrogens is 1. The molecule has 0 aliphatic heterocycles. The zero-order valence-electron chi connectivity index (χ0n) is 10.3. The topological polar surface area (TPSA) is 79.3 Å². The van der Waals surface area contributed by atoms with Crippen molar-refractivity contribution in [2.75, 3.05) is 4.72 Å². The lowest BCUT2D eigenvalue weighted by atomic mass is 10.3. The molecule has 5 nitrogen and oxygen atoms in total. The first-order chi connectivity index (χ1) is 9.83. The van der Waals surface area contributed by atoms with Crippen LogP contribution in [-0.4, -0.2) is 18.5 Å². The van der Waals surface area contributed by atoms with Crippen molar-refractivity contribution in [3.05, 3.63) is 51.9 Å². The van der Waals surface area contributed by atoms with Crippen LogP contribution in [0.5, 0.6) is 0 Å². The highest BCUT2D eigenvalue weighted by Gasteiger charge is 2.19. The molecule has 0 radical (unpaired) electrons. The summed E-state index contributed by atoms with van der Waals surface area (Å²) in [5, 5.41) is 8.27. The van der Waals surface area contributed by atoms with E-state index in [-0.39, 0.29) is 27.4 Å². The van der Waals surface area contributed by atoms with Crippen molar-refractivity contribution < 1.29 is 17.9 Å². The van der Waals surface area contributed by atoms with Crippen molar-refractivity contribution in [3.8, 4) is 0 Å². The van der Waals surface area contributed by atoms with E-state index in [0.717, 1.165) is 12.1 Å². The van der Waals surface area contributed by atoms with Gasteiger partial charge in [-0.3, -0.25) is 4.72 Å². The van der Waals surface area contributed by atoms with Gasteiger partial charge in [0.1, 0.15) is 5.82 Å². The smallest absolute Gasteiger partial charge is 0.279 e. The molecular weight excluding hydrogens is 342 g/mol. The monoisotopic (exact) mass is 350 g/mol. The number of halogens is 3. The molecule has 0 atom stereocenters. The van der Waals surface area contributed by atoms with Gasteiger partial charge in [-0.2, -0.15) is 8.42 Å². The normalized spacial score (nSPS) is 11.4.